The summed E-state index contributed by atoms with van der Waals surface area (Å²) in [5.41, 5.74) is -0.248. The SMILES string of the molecule is CCCCCCCCC[C@H](O)C[C@@]1(CCc2ccc(O)c(OC)c2)NC(=O)NC1=O. The molecule has 168 valence electrons. The van der Waals surface area contributed by atoms with Crippen molar-refractivity contribution in [1.82, 2.24) is 10.6 Å². The van der Waals surface area contributed by atoms with Crippen LogP contribution in [0, 0.1) is 0 Å². The van der Waals surface area contributed by atoms with E-state index >= 15 is 0 Å². The van der Waals surface area contributed by atoms with E-state index < -0.39 is 23.6 Å². The van der Waals surface area contributed by atoms with E-state index in [1.54, 1.807) is 18.2 Å². The second-order valence-corrected chi connectivity index (χ2v) is 8.26. The summed E-state index contributed by atoms with van der Waals surface area (Å²) in [7, 11) is 1.48. The van der Waals surface area contributed by atoms with Gasteiger partial charge in [0.05, 0.1) is 13.2 Å². The van der Waals surface area contributed by atoms with E-state index in [0.717, 1.165) is 24.8 Å². The normalized spacial score (nSPS) is 19.4. The quantitative estimate of drug-likeness (QED) is 0.270. The third kappa shape index (κ3) is 6.90. The Morgan fingerprint density at radius 1 is 1.10 bits per heavy atom. The Balaban J connectivity index is 1.90. The maximum atomic E-state index is 12.5. The summed E-state index contributed by atoms with van der Waals surface area (Å²) in [6.45, 7) is 2.20. The number of carbonyl (C=O) groups is 2. The van der Waals surface area contributed by atoms with Crippen LogP contribution in [0.25, 0.3) is 0 Å². The van der Waals surface area contributed by atoms with Crippen molar-refractivity contribution in [3.63, 3.8) is 0 Å². The van der Waals surface area contributed by atoms with Crippen LogP contribution in [0.5, 0.6) is 11.5 Å². The predicted octanol–water partition coefficient (Wildman–Crippen LogP) is 3.80. The number of aryl methyl sites for hydroxylation is 1. The number of aliphatic hydroxyl groups is 1. The molecule has 1 aromatic carbocycles. The van der Waals surface area contributed by atoms with Crippen LogP contribution >= 0.6 is 0 Å². The molecule has 0 unspecified atom stereocenters. The summed E-state index contributed by atoms with van der Waals surface area (Å²) in [5.74, 6) is 0.0188. The first-order chi connectivity index (χ1) is 14.4. The lowest BCUT2D eigenvalue weighted by Crippen LogP contribution is -2.49. The smallest absolute Gasteiger partial charge is 0.322 e. The summed E-state index contributed by atoms with van der Waals surface area (Å²) in [4.78, 5) is 24.4. The van der Waals surface area contributed by atoms with Crippen molar-refractivity contribution in [2.75, 3.05) is 7.11 Å². The van der Waals surface area contributed by atoms with Crippen molar-refractivity contribution >= 4 is 11.9 Å². The lowest BCUT2D eigenvalue weighted by Gasteiger charge is -2.28. The first-order valence-electron chi connectivity index (χ1n) is 11.1. The summed E-state index contributed by atoms with van der Waals surface area (Å²) >= 11 is 0. The Bertz CT molecular complexity index is 709. The molecule has 0 aromatic heterocycles. The fraction of sp³-hybridized carbons (Fsp3) is 0.652. The zero-order chi connectivity index (χ0) is 22.0. The van der Waals surface area contributed by atoms with E-state index in [1.165, 1.54) is 32.8 Å². The van der Waals surface area contributed by atoms with Gasteiger partial charge in [-0.3, -0.25) is 10.1 Å². The van der Waals surface area contributed by atoms with Crippen LogP contribution in [0.4, 0.5) is 4.79 Å². The lowest BCUT2D eigenvalue weighted by molar-refractivity contribution is -0.125. The van der Waals surface area contributed by atoms with E-state index in [1.807, 2.05) is 0 Å². The average molecular weight is 421 g/mol. The van der Waals surface area contributed by atoms with Gasteiger partial charge in [0.25, 0.3) is 5.91 Å². The Hall–Kier alpha value is -2.28. The number of urea groups is 1. The number of rotatable bonds is 14. The molecule has 1 heterocycles. The Morgan fingerprint density at radius 3 is 2.43 bits per heavy atom. The van der Waals surface area contributed by atoms with E-state index in [2.05, 4.69) is 17.6 Å². The molecule has 7 heteroatoms. The molecule has 0 spiro atoms. The molecule has 0 aliphatic carbocycles. The van der Waals surface area contributed by atoms with Gasteiger partial charge in [0, 0.05) is 6.42 Å². The molecule has 4 N–H and O–H groups in total. The molecule has 1 fully saturated rings. The van der Waals surface area contributed by atoms with Gasteiger partial charge in [0.1, 0.15) is 5.54 Å². The number of ether oxygens (including phenoxy) is 1. The number of hydrogen-bond acceptors (Lipinski definition) is 5. The van der Waals surface area contributed by atoms with Crippen molar-refractivity contribution in [3.05, 3.63) is 23.8 Å². The van der Waals surface area contributed by atoms with Crippen molar-refractivity contribution in [1.29, 1.82) is 0 Å². The second kappa shape index (κ2) is 11.8. The summed E-state index contributed by atoms with van der Waals surface area (Å²) in [6.07, 6.45) is 9.13. The van der Waals surface area contributed by atoms with Crippen LogP contribution in [0.3, 0.4) is 0 Å². The number of nitrogens with one attached hydrogen (secondary N) is 2. The summed E-state index contributed by atoms with van der Waals surface area (Å²) in [6, 6.07) is 4.50. The van der Waals surface area contributed by atoms with Crippen molar-refractivity contribution in [2.24, 2.45) is 0 Å². The molecule has 2 rings (SSSR count). The van der Waals surface area contributed by atoms with Gasteiger partial charge in [-0.2, -0.15) is 0 Å². The van der Waals surface area contributed by atoms with E-state index in [4.69, 9.17) is 4.74 Å². The molecular formula is C23H36N2O5. The van der Waals surface area contributed by atoms with Crippen LogP contribution in [0.15, 0.2) is 18.2 Å². The summed E-state index contributed by atoms with van der Waals surface area (Å²) in [5, 5.41) is 25.4. The fourth-order valence-corrected chi connectivity index (χ4v) is 4.03. The molecule has 1 saturated heterocycles. The van der Waals surface area contributed by atoms with Gasteiger partial charge in [0.2, 0.25) is 0 Å². The van der Waals surface area contributed by atoms with E-state index in [9.17, 15) is 19.8 Å². The van der Waals surface area contributed by atoms with Crippen LogP contribution in [0.1, 0.15) is 76.7 Å². The highest BCUT2D eigenvalue weighted by Gasteiger charge is 2.46. The minimum atomic E-state index is -1.12. The number of aliphatic hydroxyl groups excluding tert-OH is 1. The van der Waals surface area contributed by atoms with Gasteiger partial charge < -0.3 is 20.3 Å². The zero-order valence-electron chi connectivity index (χ0n) is 18.2. The highest BCUT2D eigenvalue weighted by Crippen LogP contribution is 2.30. The number of benzene rings is 1. The number of hydrogen-bond donors (Lipinski definition) is 4. The number of methoxy groups -OCH3 is 1. The first kappa shape index (κ1) is 24.0. The fourth-order valence-electron chi connectivity index (χ4n) is 4.03. The van der Waals surface area contributed by atoms with E-state index in [-0.39, 0.29) is 12.2 Å². The highest BCUT2D eigenvalue weighted by molar-refractivity contribution is 6.07. The van der Waals surface area contributed by atoms with Crippen LogP contribution in [-0.2, 0) is 11.2 Å². The Labute approximate surface area is 179 Å². The topological polar surface area (TPSA) is 108 Å². The molecular weight excluding hydrogens is 384 g/mol. The number of carbonyl (C=O) groups excluding carboxylic acids is 2. The predicted molar refractivity (Wildman–Crippen MR) is 116 cm³/mol. The molecule has 1 aliphatic heterocycles. The highest BCUT2D eigenvalue weighted by atomic mass is 16.5. The molecule has 2 atom stereocenters. The molecule has 1 aromatic rings. The number of imide groups is 1. The molecule has 7 nitrogen and oxygen atoms in total. The largest absolute Gasteiger partial charge is 0.504 e. The number of amides is 3. The standard InChI is InChI=1S/C23H36N2O5/c1-3-4-5-6-7-8-9-10-18(26)16-23(21(28)24-22(29)25-23)14-13-17-11-12-19(27)20(15-17)30-2/h11-12,15,18,26-27H,3-10,13-14,16H2,1-2H3,(H2,24,25,28,29)/t18-,23+/m0/s1. The molecule has 0 saturated carbocycles. The number of aromatic hydroxyl groups is 1. The molecule has 0 bridgehead atoms. The van der Waals surface area contributed by atoms with Gasteiger partial charge in [-0.05, 0) is 37.0 Å². The number of unbranched alkanes of at least 4 members (excludes halogenated alkanes) is 6. The number of phenols is 1. The van der Waals surface area contributed by atoms with E-state index in [0.29, 0.717) is 25.0 Å². The van der Waals surface area contributed by atoms with Gasteiger partial charge in [-0.25, -0.2) is 4.79 Å². The third-order valence-corrected chi connectivity index (χ3v) is 5.82. The minimum absolute atomic E-state index is 0.0491. The zero-order valence-corrected chi connectivity index (χ0v) is 18.2. The molecule has 0 radical (unpaired) electrons. The van der Waals surface area contributed by atoms with Gasteiger partial charge in [0.15, 0.2) is 11.5 Å². The second-order valence-electron chi connectivity index (χ2n) is 8.26. The van der Waals surface area contributed by atoms with Gasteiger partial charge in [-0.15, -0.1) is 0 Å². The van der Waals surface area contributed by atoms with Crippen LogP contribution < -0.4 is 15.4 Å². The monoisotopic (exact) mass is 420 g/mol. The minimum Gasteiger partial charge on any atom is -0.504 e. The maximum Gasteiger partial charge on any atom is 0.322 e. The molecule has 30 heavy (non-hydrogen) atoms. The molecule has 3 amide bonds. The van der Waals surface area contributed by atoms with Crippen molar-refractivity contribution in [3.8, 4) is 11.5 Å². The first-order valence-corrected chi connectivity index (χ1v) is 11.1. The third-order valence-electron chi connectivity index (χ3n) is 5.82. The van der Waals surface area contributed by atoms with Crippen LogP contribution in [0.2, 0.25) is 0 Å². The van der Waals surface area contributed by atoms with Gasteiger partial charge in [-0.1, -0.05) is 57.9 Å². The lowest BCUT2D eigenvalue weighted by atomic mass is 9.84. The number of phenolic OH excluding ortho intramolecular Hbond substituents is 1. The van der Waals surface area contributed by atoms with Crippen molar-refractivity contribution < 1.29 is 24.5 Å². The molecule has 1 aliphatic rings. The Kier molecular flexibility index (Phi) is 9.43. The van der Waals surface area contributed by atoms with Gasteiger partial charge >= 0.3 is 6.03 Å². The Morgan fingerprint density at radius 2 is 1.80 bits per heavy atom. The summed E-state index contributed by atoms with van der Waals surface area (Å²) < 4.78 is 5.13. The van der Waals surface area contributed by atoms with Crippen LogP contribution in [-0.4, -0.2) is 40.9 Å². The maximum absolute atomic E-state index is 12.5. The average Bonchev–Trinajstić information content (AvgIpc) is 2.99. The van der Waals surface area contributed by atoms with Crippen molar-refractivity contribution in [2.45, 2.75) is 89.2 Å².